The van der Waals surface area contributed by atoms with Crippen LogP contribution < -0.4 is 4.74 Å². The van der Waals surface area contributed by atoms with E-state index < -0.39 is 13.0 Å². The number of aromatic nitrogens is 1. The second-order valence-electron chi connectivity index (χ2n) is 7.87. The van der Waals surface area contributed by atoms with Gasteiger partial charge in [0.25, 0.3) is 0 Å². The van der Waals surface area contributed by atoms with Crippen molar-refractivity contribution >= 4 is 16.9 Å². The lowest BCUT2D eigenvalue weighted by Gasteiger charge is -2.46. The van der Waals surface area contributed by atoms with E-state index in [0.29, 0.717) is 6.42 Å². The summed E-state index contributed by atoms with van der Waals surface area (Å²) in [6, 6.07) is 6.09. The number of carbonyl (C=O) groups is 1. The fourth-order valence-electron chi connectivity index (χ4n) is 5.22. The summed E-state index contributed by atoms with van der Waals surface area (Å²) in [5.74, 6) is 0.0409. The van der Waals surface area contributed by atoms with Gasteiger partial charge in [-0.15, -0.1) is 0 Å². The van der Waals surface area contributed by atoms with E-state index in [1.54, 1.807) is 7.11 Å². The standard InChI is InChI=1S/C23H30N2O4/c1-5-14-12-25-10-9-15-21-18(7-6-8-20(21)28-3)24-22(15)19(25)11-16(14)17(13-27-2)23(26)29-4/h6-8,13-14,16,19,24H,5,9-12H2,1-4H3/b17-13+/t14-,16+,19-/m1/s1/i4D3. The summed E-state index contributed by atoms with van der Waals surface area (Å²) in [4.78, 5) is 18.8. The van der Waals surface area contributed by atoms with Crippen LogP contribution in [-0.2, 0) is 20.7 Å². The van der Waals surface area contributed by atoms with E-state index in [4.69, 9.17) is 18.3 Å². The molecule has 0 saturated carbocycles. The van der Waals surface area contributed by atoms with Gasteiger partial charge in [0.15, 0.2) is 0 Å². The van der Waals surface area contributed by atoms with Gasteiger partial charge in [0.2, 0.25) is 0 Å². The van der Waals surface area contributed by atoms with Crippen molar-refractivity contribution in [3.8, 4) is 5.75 Å². The van der Waals surface area contributed by atoms with Gasteiger partial charge >= 0.3 is 5.97 Å². The highest BCUT2D eigenvalue weighted by molar-refractivity contribution is 5.91. The maximum Gasteiger partial charge on any atom is 0.337 e. The van der Waals surface area contributed by atoms with Gasteiger partial charge in [-0.1, -0.05) is 19.4 Å². The molecule has 0 radical (unpaired) electrons. The van der Waals surface area contributed by atoms with E-state index in [-0.39, 0.29) is 23.5 Å². The molecule has 1 N–H and O–H groups in total. The van der Waals surface area contributed by atoms with Crippen LogP contribution in [0.1, 0.15) is 41.2 Å². The molecule has 6 nitrogen and oxygen atoms in total. The Hall–Kier alpha value is -2.47. The van der Waals surface area contributed by atoms with Crippen LogP contribution in [0.4, 0.5) is 0 Å². The molecule has 1 aromatic carbocycles. The highest BCUT2D eigenvalue weighted by Crippen LogP contribution is 2.47. The molecular formula is C23H30N2O4. The first kappa shape index (κ1) is 16.3. The predicted octanol–water partition coefficient (Wildman–Crippen LogP) is 3.83. The van der Waals surface area contributed by atoms with Crippen LogP contribution in [0, 0.1) is 11.8 Å². The van der Waals surface area contributed by atoms with Crippen molar-refractivity contribution in [2.75, 3.05) is 34.3 Å². The highest BCUT2D eigenvalue weighted by atomic mass is 16.5. The second kappa shape index (κ2) is 8.11. The molecule has 4 rings (SSSR count). The zero-order chi connectivity index (χ0) is 23.0. The number of aromatic amines is 1. The number of carbonyl (C=O) groups excluding carboxylic acids is 1. The number of H-pyrrole nitrogens is 1. The van der Waals surface area contributed by atoms with Crippen molar-refractivity contribution in [3.05, 3.63) is 41.3 Å². The minimum absolute atomic E-state index is 0.0875. The Kier molecular flexibility index (Phi) is 4.57. The van der Waals surface area contributed by atoms with Crippen LogP contribution in [0.2, 0.25) is 0 Å². The maximum atomic E-state index is 12.8. The summed E-state index contributed by atoms with van der Waals surface area (Å²) < 4.78 is 37.6. The average Bonchev–Trinajstić information content (AvgIpc) is 3.14. The first-order valence-corrected chi connectivity index (χ1v) is 10.1. The molecule has 3 heterocycles. The number of benzene rings is 1. The monoisotopic (exact) mass is 401 g/mol. The molecule has 6 heteroatoms. The van der Waals surface area contributed by atoms with Crippen LogP contribution in [0.15, 0.2) is 30.0 Å². The zero-order valence-electron chi connectivity index (χ0n) is 20.2. The SMILES string of the molecule is [2H]C([2H])([2H])OC(=O)/C(=C/OC)[C@H]1C[C@@H]2c3[nH]c4cccc(OC)c4c3CCN2C[C@H]1CC. The van der Waals surface area contributed by atoms with Gasteiger partial charge in [-0.3, -0.25) is 4.90 Å². The molecule has 0 aliphatic carbocycles. The van der Waals surface area contributed by atoms with Gasteiger partial charge in [0.05, 0.1) is 43.2 Å². The summed E-state index contributed by atoms with van der Waals surface area (Å²) in [6.45, 7) is 3.84. The summed E-state index contributed by atoms with van der Waals surface area (Å²) >= 11 is 0. The molecule has 2 aliphatic rings. The third-order valence-corrected chi connectivity index (χ3v) is 6.58. The van der Waals surface area contributed by atoms with E-state index in [1.807, 2.05) is 12.1 Å². The lowest BCUT2D eigenvalue weighted by atomic mass is 9.74. The van der Waals surface area contributed by atoms with Gasteiger partial charge in [-0.05, 0) is 42.4 Å². The Balaban J connectivity index is 1.72. The summed E-state index contributed by atoms with van der Waals surface area (Å²) in [7, 11) is 0.351. The lowest BCUT2D eigenvalue weighted by molar-refractivity contribution is -0.137. The molecule has 1 fully saturated rings. The van der Waals surface area contributed by atoms with Gasteiger partial charge in [-0.2, -0.15) is 0 Å². The van der Waals surface area contributed by atoms with Crippen LogP contribution in [0.3, 0.4) is 0 Å². The number of fused-ring (bicyclic) bond motifs is 5. The minimum atomic E-state index is -2.79. The van der Waals surface area contributed by atoms with E-state index >= 15 is 0 Å². The minimum Gasteiger partial charge on any atom is -0.504 e. The number of methoxy groups -OCH3 is 3. The van der Waals surface area contributed by atoms with Crippen molar-refractivity contribution in [1.82, 2.24) is 9.88 Å². The number of nitrogens with one attached hydrogen (secondary N) is 1. The molecule has 1 saturated heterocycles. The Labute approximate surface area is 176 Å². The van der Waals surface area contributed by atoms with Gasteiger partial charge < -0.3 is 19.2 Å². The molecule has 156 valence electrons. The average molecular weight is 402 g/mol. The Morgan fingerprint density at radius 3 is 3.00 bits per heavy atom. The predicted molar refractivity (Wildman–Crippen MR) is 112 cm³/mol. The maximum absolute atomic E-state index is 12.8. The second-order valence-corrected chi connectivity index (χ2v) is 7.87. The molecule has 2 aliphatic heterocycles. The normalized spacial score (nSPS) is 26.7. The first-order valence-electron chi connectivity index (χ1n) is 11.6. The molecule has 3 atom stereocenters. The van der Waals surface area contributed by atoms with Crippen LogP contribution in [-0.4, -0.2) is 50.2 Å². The number of nitrogens with zero attached hydrogens (tertiary/aromatic N) is 1. The Morgan fingerprint density at radius 2 is 2.28 bits per heavy atom. The largest absolute Gasteiger partial charge is 0.504 e. The summed E-state index contributed by atoms with van der Waals surface area (Å²) in [5, 5.41) is 1.12. The van der Waals surface area contributed by atoms with Gasteiger partial charge in [-0.25, -0.2) is 4.79 Å². The highest BCUT2D eigenvalue weighted by Gasteiger charge is 2.42. The van der Waals surface area contributed by atoms with Crippen molar-refractivity contribution in [2.24, 2.45) is 11.8 Å². The Morgan fingerprint density at radius 1 is 1.41 bits per heavy atom. The van der Waals surface area contributed by atoms with Gasteiger partial charge in [0, 0.05) is 29.7 Å². The molecule has 0 bridgehead atoms. The fraction of sp³-hybridized carbons (Fsp3) is 0.522. The number of esters is 1. The third-order valence-electron chi connectivity index (χ3n) is 6.58. The molecule has 1 aromatic heterocycles. The quantitative estimate of drug-likeness (QED) is 0.469. The topological polar surface area (TPSA) is 63.8 Å². The van der Waals surface area contributed by atoms with Crippen molar-refractivity contribution in [1.29, 1.82) is 0 Å². The molecule has 2 aromatic rings. The number of hydrogen-bond acceptors (Lipinski definition) is 5. The number of hydrogen-bond donors (Lipinski definition) is 1. The number of rotatable bonds is 5. The lowest BCUT2D eigenvalue weighted by Crippen LogP contribution is -2.47. The van der Waals surface area contributed by atoms with Crippen LogP contribution in [0.5, 0.6) is 5.75 Å². The van der Waals surface area contributed by atoms with E-state index in [2.05, 4.69) is 22.9 Å². The smallest absolute Gasteiger partial charge is 0.337 e. The van der Waals surface area contributed by atoms with Crippen molar-refractivity contribution in [2.45, 2.75) is 32.2 Å². The molecule has 0 spiro atoms. The van der Waals surface area contributed by atoms with E-state index in [0.717, 1.165) is 48.3 Å². The van der Waals surface area contributed by atoms with E-state index in [9.17, 15) is 4.79 Å². The van der Waals surface area contributed by atoms with Crippen LogP contribution >= 0.6 is 0 Å². The molecule has 29 heavy (non-hydrogen) atoms. The summed E-state index contributed by atoms with van der Waals surface area (Å²) in [5.41, 5.74) is 3.74. The van der Waals surface area contributed by atoms with E-state index in [1.165, 1.54) is 18.9 Å². The van der Waals surface area contributed by atoms with Crippen LogP contribution in [0.25, 0.3) is 10.9 Å². The Bertz CT molecular complexity index is 1030. The fourth-order valence-corrected chi connectivity index (χ4v) is 5.22. The van der Waals surface area contributed by atoms with Gasteiger partial charge in [0.1, 0.15) is 5.75 Å². The zero-order valence-corrected chi connectivity index (χ0v) is 17.2. The number of ether oxygens (including phenoxy) is 3. The van der Waals surface area contributed by atoms with Crippen molar-refractivity contribution < 1.29 is 23.1 Å². The number of piperidine rings is 1. The molecule has 0 amide bonds. The first-order chi connectivity index (χ1) is 15.3. The molecule has 0 unspecified atom stereocenters. The van der Waals surface area contributed by atoms with Crippen molar-refractivity contribution in [3.63, 3.8) is 0 Å². The molecular weight excluding hydrogens is 368 g/mol. The third kappa shape index (κ3) is 3.29. The summed E-state index contributed by atoms with van der Waals surface area (Å²) in [6.07, 6.45) is 3.82.